The van der Waals surface area contributed by atoms with E-state index in [-0.39, 0.29) is 5.54 Å². The summed E-state index contributed by atoms with van der Waals surface area (Å²) in [5.41, 5.74) is 6.31. The molecule has 1 fully saturated rings. The lowest BCUT2D eigenvalue weighted by Gasteiger charge is -2.46. The fourth-order valence-electron chi connectivity index (χ4n) is 2.65. The first-order chi connectivity index (χ1) is 7.18. The number of hydrogen-bond donors (Lipinski definition) is 1. The molecule has 0 aromatic carbocycles. The maximum atomic E-state index is 6.03. The third kappa shape index (κ3) is 3.11. The van der Waals surface area contributed by atoms with E-state index in [4.69, 9.17) is 5.73 Å². The fourth-order valence-corrected chi connectivity index (χ4v) is 3.66. The molecule has 0 aromatic heterocycles. The minimum atomic E-state index is 0.282. The van der Waals surface area contributed by atoms with Gasteiger partial charge in [0.05, 0.1) is 0 Å². The third-order valence-electron chi connectivity index (χ3n) is 3.67. The van der Waals surface area contributed by atoms with Crippen LogP contribution in [-0.2, 0) is 0 Å². The van der Waals surface area contributed by atoms with Gasteiger partial charge in [0.2, 0.25) is 0 Å². The summed E-state index contributed by atoms with van der Waals surface area (Å²) in [4.78, 5) is 2.65. The van der Waals surface area contributed by atoms with Crippen LogP contribution >= 0.6 is 11.8 Å². The summed E-state index contributed by atoms with van der Waals surface area (Å²) >= 11 is 2.09. The van der Waals surface area contributed by atoms with Gasteiger partial charge in [0.15, 0.2) is 0 Å². The number of nitrogens with two attached hydrogens (primary N) is 1. The number of thioether (sulfide) groups is 1. The van der Waals surface area contributed by atoms with Gasteiger partial charge in [0, 0.05) is 36.2 Å². The van der Waals surface area contributed by atoms with E-state index in [1.165, 1.54) is 38.1 Å². The summed E-state index contributed by atoms with van der Waals surface area (Å²) in [5.74, 6) is 1.27. The van der Waals surface area contributed by atoms with Crippen molar-refractivity contribution in [2.24, 2.45) is 5.73 Å². The van der Waals surface area contributed by atoms with E-state index < -0.39 is 0 Å². The van der Waals surface area contributed by atoms with Crippen molar-refractivity contribution in [2.45, 2.75) is 50.8 Å². The predicted octanol–water partition coefficient (Wildman–Crippen LogP) is 2.33. The molecule has 0 spiro atoms. The molecule has 0 radical (unpaired) electrons. The molecule has 0 amide bonds. The van der Waals surface area contributed by atoms with E-state index in [0.29, 0.717) is 0 Å². The average Bonchev–Trinajstić information content (AvgIpc) is 2.26. The van der Waals surface area contributed by atoms with Crippen LogP contribution in [-0.4, -0.2) is 41.1 Å². The summed E-state index contributed by atoms with van der Waals surface area (Å²) in [7, 11) is 0. The highest BCUT2D eigenvalue weighted by Crippen LogP contribution is 2.30. The molecule has 1 rings (SSSR count). The van der Waals surface area contributed by atoms with Crippen molar-refractivity contribution in [1.82, 2.24) is 4.90 Å². The highest BCUT2D eigenvalue weighted by atomic mass is 32.2. The van der Waals surface area contributed by atoms with Crippen molar-refractivity contribution in [2.75, 3.05) is 25.4 Å². The van der Waals surface area contributed by atoms with E-state index in [1.807, 2.05) is 0 Å². The Morgan fingerprint density at radius 3 is 2.67 bits per heavy atom. The van der Waals surface area contributed by atoms with Crippen molar-refractivity contribution < 1.29 is 0 Å². The number of hydrogen-bond acceptors (Lipinski definition) is 3. The normalized spacial score (nSPS) is 27.6. The summed E-state index contributed by atoms with van der Waals surface area (Å²) < 4.78 is 0. The van der Waals surface area contributed by atoms with Crippen LogP contribution < -0.4 is 5.73 Å². The zero-order chi connectivity index (χ0) is 11.3. The Morgan fingerprint density at radius 2 is 2.20 bits per heavy atom. The molecule has 2 unspecified atom stereocenters. The molecule has 1 saturated heterocycles. The highest BCUT2D eigenvalue weighted by molar-refractivity contribution is 7.99. The molecule has 0 bridgehead atoms. The SMILES string of the molecule is CCCC(CC)(CN)N1CCSC(C)C1. The molecule has 2 N–H and O–H groups in total. The summed E-state index contributed by atoms with van der Waals surface area (Å²) in [6.07, 6.45) is 3.68. The van der Waals surface area contributed by atoms with Crippen LogP contribution in [0.5, 0.6) is 0 Å². The Bertz CT molecular complexity index is 180. The van der Waals surface area contributed by atoms with Crippen molar-refractivity contribution in [1.29, 1.82) is 0 Å². The first-order valence-corrected chi connectivity index (χ1v) is 7.30. The minimum absolute atomic E-state index is 0.282. The Balaban J connectivity index is 2.68. The molecule has 3 heteroatoms. The monoisotopic (exact) mass is 230 g/mol. The second-order valence-corrected chi connectivity index (χ2v) is 6.21. The molecule has 1 aliphatic rings. The van der Waals surface area contributed by atoms with Gasteiger partial charge < -0.3 is 5.73 Å². The molecule has 0 aromatic rings. The van der Waals surface area contributed by atoms with Gasteiger partial charge in [0.25, 0.3) is 0 Å². The van der Waals surface area contributed by atoms with E-state index >= 15 is 0 Å². The van der Waals surface area contributed by atoms with Gasteiger partial charge >= 0.3 is 0 Å². The topological polar surface area (TPSA) is 29.3 Å². The van der Waals surface area contributed by atoms with Gasteiger partial charge in [-0.05, 0) is 12.8 Å². The van der Waals surface area contributed by atoms with E-state index in [9.17, 15) is 0 Å². The molecule has 0 saturated carbocycles. The van der Waals surface area contributed by atoms with E-state index in [1.54, 1.807) is 0 Å². The Kier molecular flexibility index (Phi) is 5.44. The van der Waals surface area contributed by atoms with Crippen molar-refractivity contribution >= 4 is 11.8 Å². The first-order valence-electron chi connectivity index (χ1n) is 6.25. The van der Waals surface area contributed by atoms with Gasteiger partial charge in [-0.2, -0.15) is 11.8 Å². The van der Waals surface area contributed by atoms with Crippen molar-refractivity contribution in [3.63, 3.8) is 0 Å². The van der Waals surface area contributed by atoms with Gasteiger partial charge in [-0.15, -0.1) is 0 Å². The van der Waals surface area contributed by atoms with Crippen LogP contribution in [0, 0.1) is 0 Å². The molecule has 2 atom stereocenters. The largest absolute Gasteiger partial charge is 0.329 e. The van der Waals surface area contributed by atoms with Crippen LogP contribution in [0.15, 0.2) is 0 Å². The molecule has 15 heavy (non-hydrogen) atoms. The number of nitrogens with zero attached hydrogens (tertiary/aromatic N) is 1. The van der Waals surface area contributed by atoms with Crippen LogP contribution in [0.25, 0.3) is 0 Å². The smallest absolute Gasteiger partial charge is 0.0329 e. The van der Waals surface area contributed by atoms with E-state index in [0.717, 1.165) is 11.8 Å². The van der Waals surface area contributed by atoms with Crippen molar-refractivity contribution in [3.8, 4) is 0 Å². The van der Waals surface area contributed by atoms with Crippen LogP contribution in [0.3, 0.4) is 0 Å². The molecule has 90 valence electrons. The second-order valence-electron chi connectivity index (χ2n) is 4.66. The fraction of sp³-hybridized carbons (Fsp3) is 1.00. The summed E-state index contributed by atoms with van der Waals surface area (Å²) in [6, 6.07) is 0. The lowest BCUT2D eigenvalue weighted by molar-refractivity contribution is 0.0845. The average molecular weight is 230 g/mol. The first kappa shape index (κ1) is 13.3. The molecule has 1 aliphatic heterocycles. The number of rotatable bonds is 5. The Hall–Kier alpha value is 0.270. The second kappa shape index (κ2) is 6.12. The molecular formula is C12H26N2S. The third-order valence-corrected chi connectivity index (χ3v) is 4.80. The summed E-state index contributed by atoms with van der Waals surface area (Å²) in [5, 5.41) is 0.771. The lowest BCUT2D eigenvalue weighted by atomic mass is 9.88. The van der Waals surface area contributed by atoms with Crippen LogP contribution in [0.1, 0.15) is 40.0 Å². The maximum Gasteiger partial charge on any atom is 0.0329 e. The standard InChI is InChI=1S/C12H26N2S/c1-4-6-12(5-2,10-13)14-7-8-15-11(3)9-14/h11H,4-10,13H2,1-3H3. The lowest BCUT2D eigenvalue weighted by Crippen LogP contribution is -2.57. The zero-order valence-electron chi connectivity index (χ0n) is 10.5. The summed E-state index contributed by atoms with van der Waals surface area (Å²) in [6.45, 7) is 10.1. The Labute approximate surface area is 99.0 Å². The van der Waals surface area contributed by atoms with Gasteiger partial charge in [0.1, 0.15) is 0 Å². The molecule has 1 heterocycles. The highest BCUT2D eigenvalue weighted by Gasteiger charge is 2.35. The maximum absolute atomic E-state index is 6.03. The van der Waals surface area contributed by atoms with Crippen molar-refractivity contribution in [3.05, 3.63) is 0 Å². The van der Waals surface area contributed by atoms with Gasteiger partial charge in [-0.25, -0.2) is 0 Å². The quantitative estimate of drug-likeness (QED) is 0.786. The molecule has 0 aliphatic carbocycles. The van der Waals surface area contributed by atoms with E-state index in [2.05, 4.69) is 37.4 Å². The van der Waals surface area contributed by atoms with Gasteiger partial charge in [-0.1, -0.05) is 27.2 Å². The Morgan fingerprint density at radius 1 is 1.47 bits per heavy atom. The molecular weight excluding hydrogens is 204 g/mol. The zero-order valence-corrected chi connectivity index (χ0v) is 11.3. The predicted molar refractivity (Wildman–Crippen MR) is 70.5 cm³/mol. The minimum Gasteiger partial charge on any atom is -0.329 e. The van der Waals surface area contributed by atoms with Crippen LogP contribution in [0.4, 0.5) is 0 Å². The van der Waals surface area contributed by atoms with Crippen LogP contribution in [0.2, 0.25) is 0 Å². The molecule has 2 nitrogen and oxygen atoms in total. The van der Waals surface area contributed by atoms with Gasteiger partial charge in [-0.3, -0.25) is 4.90 Å².